The van der Waals surface area contributed by atoms with Gasteiger partial charge in [-0.2, -0.15) is 5.26 Å². The van der Waals surface area contributed by atoms with Crippen LogP contribution in [0.5, 0.6) is 5.75 Å². The summed E-state index contributed by atoms with van der Waals surface area (Å²) in [5.74, 6) is -1.58. The molecule has 26 heavy (non-hydrogen) atoms. The summed E-state index contributed by atoms with van der Waals surface area (Å²) < 4.78 is 33.6. The van der Waals surface area contributed by atoms with Gasteiger partial charge in [-0.05, 0) is 41.5 Å². The zero-order chi connectivity index (χ0) is 18.7. The lowest BCUT2D eigenvalue weighted by Crippen LogP contribution is -2.01. The van der Waals surface area contributed by atoms with E-state index in [0.29, 0.717) is 22.3 Å². The number of nitrogens with zero attached hydrogens (tertiary/aromatic N) is 1. The molecule has 0 saturated carbocycles. The molecule has 0 amide bonds. The van der Waals surface area contributed by atoms with Crippen LogP contribution in [0, 0.1) is 23.0 Å². The fourth-order valence-electron chi connectivity index (χ4n) is 2.60. The maximum Gasteiger partial charge on any atom is 0.308 e. The number of hydrogen-bond acceptors (Lipinski definition) is 3. The lowest BCUT2D eigenvalue weighted by Gasteiger charge is -2.09. The van der Waals surface area contributed by atoms with E-state index < -0.39 is 17.6 Å². The monoisotopic (exact) mass is 349 g/mol. The topological polar surface area (TPSA) is 50.1 Å². The summed E-state index contributed by atoms with van der Waals surface area (Å²) in [5.41, 5.74) is 2.03. The number of ether oxygens (including phenoxy) is 1. The van der Waals surface area contributed by atoms with Gasteiger partial charge in [-0.25, -0.2) is 8.78 Å². The predicted molar refractivity (Wildman–Crippen MR) is 93.3 cm³/mol. The Hall–Kier alpha value is -3.52. The Balaban J connectivity index is 1.94. The van der Waals surface area contributed by atoms with E-state index in [1.807, 2.05) is 6.07 Å². The highest BCUT2D eigenvalue weighted by molar-refractivity contribution is 5.73. The van der Waals surface area contributed by atoms with Crippen molar-refractivity contribution in [2.45, 2.75) is 6.92 Å². The number of carbonyl (C=O) groups excluding carboxylic acids is 1. The van der Waals surface area contributed by atoms with Crippen molar-refractivity contribution in [3.63, 3.8) is 0 Å². The molecule has 0 radical (unpaired) electrons. The van der Waals surface area contributed by atoms with Crippen molar-refractivity contribution < 1.29 is 18.3 Å². The Morgan fingerprint density at radius 1 is 0.885 bits per heavy atom. The lowest BCUT2D eigenvalue weighted by atomic mass is 9.98. The van der Waals surface area contributed by atoms with Crippen LogP contribution in [0.25, 0.3) is 22.3 Å². The molecule has 0 aromatic heterocycles. The molecule has 0 aliphatic heterocycles. The number of rotatable bonds is 3. The molecule has 0 N–H and O–H groups in total. The first-order valence-corrected chi connectivity index (χ1v) is 7.76. The number of hydrogen-bond donors (Lipinski definition) is 0. The second-order valence-electron chi connectivity index (χ2n) is 5.62. The maximum atomic E-state index is 14.5. The Morgan fingerprint density at radius 2 is 1.46 bits per heavy atom. The molecule has 0 heterocycles. The molecule has 3 aromatic rings. The van der Waals surface area contributed by atoms with E-state index in [1.54, 1.807) is 36.4 Å². The summed E-state index contributed by atoms with van der Waals surface area (Å²) in [6.07, 6.45) is 0. The highest BCUT2D eigenvalue weighted by Gasteiger charge is 2.12. The maximum absolute atomic E-state index is 14.5. The SMILES string of the molecule is CC(=O)Oc1ccc(-c2ccc(-c3ccc(C#N)cc3)c(F)c2)c(F)c1. The second kappa shape index (κ2) is 7.16. The largest absolute Gasteiger partial charge is 0.427 e. The van der Waals surface area contributed by atoms with Crippen LogP contribution in [-0.2, 0) is 4.79 Å². The van der Waals surface area contributed by atoms with Gasteiger partial charge in [0.05, 0.1) is 11.6 Å². The van der Waals surface area contributed by atoms with Crippen molar-refractivity contribution in [1.29, 1.82) is 5.26 Å². The predicted octanol–water partition coefficient (Wildman–Crippen LogP) is 5.10. The second-order valence-corrected chi connectivity index (χ2v) is 5.62. The first-order valence-electron chi connectivity index (χ1n) is 7.76. The summed E-state index contributed by atoms with van der Waals surface area (Å²) in [7, 11) is 0. The Morgan fingerprint density at radius 3 is 2.04 bits per heavy atom. The normalized spacial score (nSPS) is 10.2. The quantitative estimate of drug-likeness (QED) is 0.488. The fraction of sp³-hybridized carbons (Fsp3) is 0.0476. The molecule has 0 atom stereocenters. The van der Waals surface area contributed by atoms with E-state index in [-0.39, 0.29) is 11.3 Å². The van der Waals surface area contributed by atoms with Crippen molar-refractivity contribution in [1.82, 2.24) is 0 Å². The number of esters is 1. The zero-order valence-electron chi connectivity index (χ0n) is 13.8. The first-order chi connectivity index (χ1) is 12.5. The van der Waals surface area contributed by atoms with Gasteiger partial charge in [0.15, 0.2) is 0 Å². The third kappa shape index (κ3) is 3.60. The molecule has 3 rings (SSSR count). The molecule has 0 aliphatic rings. The van der Waals surface area contributed by atoms with Gasteiger partial charge in [-0.3, -0.25) is 4.79 Å². The van der Waals surface area contributed by atoms with Crippen LogP contribution in [0.15, 0.2) is 60.7 Å². The number of benzene rings is 3. The highest BCUT2D eigenvalue weighted by atomic mass is 19.1. The minimum absolute atomic E-state index is 0.0911. The molecule has 0 bridgehead atoms. The molecule has 0 fully saturated rings. The van der Waals surface area contributed by atoms with Crippen molar-refractivity contribution in [3.8, 4) is 34.1 Å². The van der Waals surface area contributed by atoms with Crippen molar-refractivity contribution in [2.24, 2.45) is 0 Å². The third-order valence-electron chi connectivity index (χ3n) is 3.81. The molecular weight excluding hydrogens is 336 g/mol. The van der Waals surface area contributed by atoms with Gasteiger partial charge in [0.1, 0.15) is 17.4 Å². The number of halogens is 2. The standard InChI is InChI=1S/C21H13F2NO2/c1-13(25)26-17-7-9-19(21(23)11-17)16-6-8-18(20(22)10-16)15-4-2-14(12-24)3-5-15/h2-11H,1H3. The van der Waals surface area contributed by atoms with Crippen LogP contribution in [0.4, 0.5) is 8.78 Å². The van der Waals surface area contributed by atoms with Gasteiger partial charge < -0.3 is 4.74 Å². The minimum atomic E-state index is -0.616. The number of carbonyl (C=O) groups is 1. The molecule has 128 valence electrons. The highest BCUT2D eigenvalue weighted by Crippen LogP contribution is 2.31. The molecule has 3 aromatic carbocycles. The molecule has 3 nitrogen and oxygen atoms in total. The molecular formula is C21H13F2NO2. The van der Waals surface area contributed by atoms with E-state index in [4.69, 9.17) is 10.00 Å². The van der Waals surface area contributed by atoms with Crippen molar-refractivity contribution in [3.05, 3.63) is 77.9 Å². The van der Waals surface area contributed by atoms with Crippen LogP contribution >= 0.6 is 0 Å². The van der Waals surface area contributed by atoms with Gasteiger partial charge in [-0.15, -0.1) is 0 Å². The average Bonchev–Trinajstić information content (AvgIpc) is 2.61. The Bertz CT molecular complexity index is 1020. The van der Waals surface area contributed by atoms with E-state index in [0.717, 1.165) is 6.07 Å². The molecule has 0 spiro atoms. The van der Waals surface area contributed by atoms with Crippen molar-refractivity contribution >= 4 is 5.97 Å². The third-order valence-corrected chi connectivity index (χ3v) is 3.81. The Labute approximate surface area is 149 Å². The van der Waals surface area contributed by atoms with E-state index >= 15 is 0 Å². The average molecular weight is 349 g/mol. The fourth-order valence-corrected chi connectivity index (χ4v) is 2.60. The molecule has 5 heteroatoms. The summed E-state index contributed by atoms with van der Waals surface area (Å²) >= 11 is 0. The van der Waals surface area contributed by atoms with Crippen LogP contribution in [0.3, 0.4) is 0 Å². The van der Waals surface area contributed by atoms with E-state index in [1.165, 1.54) is 25.1 Å². The van der Waals surface area contributed by atoms with Crippen LogP contribution in [-0.4, -0.2) is 5.97 Å². The van der Waals surface area contributed by atoms with Gasteiger partial charge in [0.2, 0.25) is 0 Å². The first kappa shape index (κ1) is 17.3. The van der Waals surface area contributed by atoms with Crippen LogP contribution < -0.4 is 4.74 Å². The summed E-state index contributed by atoms with van der Waals surface area (Å²) in [4.78, 5) is 10.9. The molecule has 0 aliphatic carbocycles. The molecule has 0 unspecified atom stereocenters. The summed E-state index contributed by atoms with van der Waals surface area (Å²) in [6.45, 7) is 1.23. The van der Waals surface area contributed by atoms with Gasteiger partial charge >= 0.3 is 5.97 Å². The van der Waals surface area contributed by atoms with Crippen molar-refractivity contribution in [2.75, 3.05) is 0 Å². The lowest BCUT2D eigenvalue weighted by molar-refractivity contribution is -0.131. The smallest absolute Gasteiger partial charge is 0.308 e. The zero-order valence-corrected chi connectivity index (χ0v) is 13.8. The van der Waals surface area contributed by atoms with E-state index in [9.17, 15) is 13.6 Å². The molecule has 0 saturated heterocycles. The van der Waals surface area contributed by atoms with Crippen LogP contribution in [0.1, 0.15) is 12.5 Å². The van der Waals surface area contributed by atoms with Crippen LogP contribution in [0.2, 0.25) is 0 Å². The number of nitriles is 1. The summed E-state index contributed by atoms with van der Waals surface area (Å²) in [6, 6.07) is 16.9. The van der Waals surface area contributed by atoms with Gasteiger partial charge in [0.25, 0.3) is 0 Å². The van der Waals surface area contributed by atoms with Gasteiger partial charge in [-0.1, -0.05) is 24.3 Å². The minimum Gasteiger partial charge on any atom is -0.427 e. The van der Waals surface area contributed by atoms with Gasteiger partial charge in [0, 0.05) is 24.1 Å². The Kier molecular flexibility index (Phi) is 4.76. The van der Waals surface area contributed by atoms with E-state index in [2.05, 4.69) is 0 Å². The summed E-state index contributed by atoms with van der Waals surface area (Å²) in [5, 5.41) is 8.82.